The highest BCUT2D eigenvalue weighted by Crippen LogP contribution is 2.25. The largest absolute Gasteiger partial charge is 0.356 e. The van der Waals surface area contributed by atoms with E-state index in [1.807, 2.05) is 18.2 Å². The van der Waals surface area contributed by atoms with Crippen LogP contribution in [0.4, 0.5) is 5.69 Å². The van der Waals surface area contributed by atoms with E-state index in [0.29, 0.717) is 10.1 Å². The lowest BCUT2D eigenvalue weighted by Gasteiger charge is -2.20. The van der Waals surface area contributed by atoms with Gasteiger partial charge in [-0.25, -0.2) is 0 Å². The van der Waals surface area contributed by atoms with Crippen LogP contribution >= 0.6 is 39.7 Å². The number of rotatable bonds is 3. The number of nitrogens with one attached hydrogen (secondary N) is 2. The van der Waals surface area contributed by atoms with Crippen LogP contribution in [0.25, 0.3) is 0 Å². The van der Waals surface area contributed by atoms with Crippen molar-refractivity contribution in [3.63, 3.8) is 0 Å². The van der Waals surface area contributed by atoms with Crippen LogP contribution in [0, 0.1) is 13.8 Å². The van der Waals surface area contributed by atoms with Gasteiger partial charge in [0.05, 0.1) is 11.1 Å². The maximum absolute atomic E-state index is 6.09. The average molecular weight is 398 g/mol. The molecule has 0 aliphatic heterocycles. The third-order valence-corrected chi connectivity index (χ3v) is 4.88. The minimum Gasteiger partial charge on any atom is -0.356 e. The van der Waals surface area contributed by atoms with Crippen LogP contribution in [-0.4, -0.2) is 5.11 Å². The predicted octanol–water partition coefficient (Wildman–Crippen LogP) is 5.77. The summed E-state index contributed by atoms with van der Waals surface area (Å²) in [7, 11) is 0. The van der Waals surface area contributed by atoms with Crippen molar-refractivity contribution >= 4 is 50.5 Å². The minimum absolute atomic E-state index is 0.130. The van der Waals surface area contributed by atoms with Crippen molar-refractivity contribution in [1.82, 2.24) is 5.32 Å². The summed E-state index contributed by atoms with van der Waals surface area (Å²) in [6.45, 7) is 6.30. The monoisotopic (exact) mass is 396 g/mol. The number of thiocarbonyl (C=S) groups is 1. The van der Waals surface area contributed by atoms with Crippen LogP contribution in [0.1, 0.15) is 29.7 Å². The first-order valence-corrected chi connectivity index (χ1v) is 8.54. The Kier molecular flexibility index (Phi) is 5.84. The molecular formula is C17H18BrClN2S. The molecule has 0 aliphatic rings. The molecule has 0 bridgehead atoms. The Balaban J connectivity index is 2.05. The second-order valence-corrected chi connectivity index (χ2v) is 6.98. The summed E-state index contributed by atoms with van der Waals surface area (Å²) < 4.78 is 0.863. The van der Waals surface area contributed by atoms with Gasteiger partial charge in [-0.2, -0.15) is 0 Å². The van der Waals surface area contributed by atoms with E-state index < -0.39 is 0 Å². The SMILES string of the molecule is Cc1ccc(C)c(C(C)NC(=S)Nc2ccc(Br)c(Cl)c2)c1. The summed E-state index contributed by atoms with van der Waals surface area (Å²) in [6, 6.07) is 12.2. The van der Waals surface area contributed by atoms with Gasteiger partial charge in [-0.15, -0.1) is 0 Å². The lowest BCUT2D eigenvalue weighted by Crippen LogP contribution is -2.31. The van der Waals surface area contributed by atoms with Gasteiger partial charge in [0, 0.05) is 10.2 Å². The average Bonchev–Trinajstić information content (AvgIpc) is 2.45. The molecule has 116 valence electrons. The van der Waals surface area contributed by atoms with Crippen molar-refractivity contribution in [2.24, 2.45) is 0 Å². The van der Waals surface area contributed by atoms with Gasteiger partial charge >= 0.3 is 0 Å². The first kappa shape index (κ1) is 17.3. The van der Waals surface area contributed by atoms with Gasteiger partial charge in [-0.05, 0) is 78.2 Å². The zero-order valence-electron chi connectivity index (χ0n) is 12.7. The lowest BCUT2D eigenvalue weighted by molar-refractivity contribution is 0.716. The maximum Gasteiger partial charge on any atom is 0.171 e. The molecule has 2 aromatic rings. The van der Waals surface area contributed by atoms with Crippen molar-refractivity contribution in [1.29, 1.82) is 0 Å². The summed E-state index contributed by atoms with van der Waals surface area (Å²) in [5.74, 6) is 0. The van der Waals surface area contributed by atoms with E-state index >= 15 is 0 Å². The van der Waals surface area contributed by atoms with Gasteiger partial charge in [0.2, 0.25) is 0 Å². The standard InChI is InChI=1S/C17H18BrClN2S/c1-10-4-5-11(2)14(8-10)12(3)20-17(22)21-13-6-7-15(18)16(19)9-13/h4-9,12H,1-3H3,(H2,20,21,22). The van der Waals surface area contributed by atoms with E-state index in [9.17, 15) is 0 Å². The fraction of sp³-hybridized carbons (Fsp3) is 0.235. The Morgan fingerprint density at radius 1 is 1.18 bits per heavy atom. The number of hydrogen-bond donors (Lipinski definition) is 2. The molecule has 0 fully saturated rings. The number of aryl methyl sites for hydroxylation is 2. The highest BCUT2D eigenvalue weighted by Gasteiger charge is 2.10. The molecule has 0 saturated carbocycles. The zero-order chi connectivity index (χ0) is 16.3. The smallest absolute Gasteiger partial charge is 0.171 e. The van der Waals surface area contributed by atoms with Gasteiger partial charge in [0.25, 0.3) is 0 Å². The van der Waals surface area contributed by atoms with Gasteiger partial charge in [0.15, 0.2) is 5.11 Å². The third kappa shape index (κ3) is 4.45. The second kappa shape index (κ2) is 7.44. The highest BCUT2D eigenvalue weighted by molar-refractivity contribution is 9.10. The first-order chi connectivity index (χ1) is 10.4. The lowest BCUT2D eigenvalue weighted by atomic mass is 10.0. The Morgan fingerprint density at radius 3 is 2.59 bits per heavy atom. The fourth-order valence-electron chi connectivity index (χ4n) is 2.24. The number of hydrogen-bond acceptors (Lipinski definition) is 1. The Labute approximate surface area is 150 Å². The normalized spacial score (nSPS) is 11.9. The summed E-state index contributed by atoms with van der Waals surface area (Å²) >= 11 is 14.8. The van der Waals surface area contributed by atoms with E-state index in [-0.39, 0.29) is 6.04 Å². The Morgan fingerprint density at radius 2 is 1.91 bits per heavy atom. The molecule has 0 spiro atoms. The molecule has 22 heavy (non-hydrogen) atoms. The first-order valence-electron chi connectivity index (χ1n) is 6.96. The molecule has 5 heteroatoms. The Hall–Kier alpha value is -1.10. The van der Waals surface area contributed by atoms with Crippen LogP contribution in [-0.2, 0) is 0 Å². The molecule has 2 nitrogen and oxygen atoms in total. The molecule has 0 amide bonds. The molecule has 0 saturated heterocycles. The molecular weight excluding hydrogens is 380 g/mol. The van der Waals surface area contributed by atoms with E-state index in [4.69, 9.17) is 23.8 Å². The quantitative estimate of drug-likeness (QED) is 0.643. The van der Waals surface area contributed by atoms with E-state index in [1.54, 1.807) is 0 Å². The van der Waals surface area contributed by atoms with Crippen LogP contribution in [0.5, 0.6) is 0 Å². The molecule has 1 unspecified atom stereocenters. The van der Waals surface area contributed by atoms with Crippen molar-refractivity contribution in [2.75, 3.05) is 5.32 Å². The van der Waals surface area contributed by atoms with Crippen LogP contribution < -0.4 is 10.6 Å². The Bertz CT molecular complexity index is 703. The molecule has 1 atom stereocenters. The molecule has 2 rings (SSSR count). The minimum atomic E-state index is 0.130. The van der Waals surface area contributed by atoms with Crippen molar-refractivity contribution in [2.45, 2.75) is 26.8 Å². The molecule has 2 N–H and O–H groups in total. The number of halogens is 2. The molecule has 0 aliphatic carbocycles. The van der Waals surface area contributed by atoms with Gasteiger partial charge in [0.1, 0.15) is 0 Å². The third-order valence-electron chi connectivity index (χ3n) is 3.43. The molecule has 0 radical (unpaired) electrons. The van der Waals surface area contributed by atoms with Crippen LogP contribution in [0.15, 0.2) is 40.9 Å². The predicted molar refractivity (Wildman–Crippen MR) is 103 cm³/mol. The van der Waals surface area contributed by atoms with Crippen LogP contribution in [0.2, 0.25) is 5.02 Å². The summed E-state index contributed by atoms with van der Waals surface area (Å²) in [5, 5.41) is 7.70. The van der Waals surface area contributed by atoms with E-state index in [2.05, 4.69) is 65.5 Å². The summed E-state index contributed by atoms with van der Waals surface area (Å²) in [6.07, 6.45) is 0. The van der Waals surface area contributed by atoms with Gasteiger partial charge < -0.3 is 10.6 Å². The highest BCUT2D eigenvalue weighted by atomic mass is 79.9. The van der Waals surface area contributed by atoms with Gasteiger partial charge in [-0.1, -0.05) is 35.4 Å². The summed E-state index contributed by atoms with van der Waals surface area (Å²) in [5.41, 5.74) is 4.60. The second-order valence-electron chi connectivity index (χ2n) is 5.31. The molecule has 2 aromatic carbocycles. The van der Waals surface area contributed by atoms with E-state index in [1.165, 1.54) is 16.7 Å². The van der Waals surface area contributed by atoms with Crippen molar-refractivity contribution in [3.05, 3.63) is 62.6 Å². The van der Waals surface area contributed by atoms with Crippen molar-refractivity contribution < 1.29 is 0 Å². The van der Waals surface area contributed by atoms with Crippen LogP contribution in [0.3, 0.4) is 0 Å². The van der Waals surface area contributed by atoms with Crippen molar-refractivity contribution in [3.8, 4) is 0 Å². The van der Waals surface area contributed by atoms with E-state index in [0.717, 1.165) is 10.2 Å². The number of benzene rings is 2. The molecule has 0 heterocycles. The topological polar surface area (TPSA) is 24.1 Å². The number of anilines is 1. The molecule has 0 aromatic heterocycles. The zero-order valence-corrected chi connectivity index (χ0v) is 15.9. The summed E-state index contributed by atoms with van der Waals surface area (Å²) in [4.78, 5) is 0. The maximum atomic E-state index is 6.09. The van der Waals surface area contributed by atoms with Gasteiger partial charge in [-0.3, -0.25) is 0 Å². The fourth-order valence-corrected chi connectivity index (χ4v) is 2.96.